The second-order valence-corrected chi connectivity index (χ2v) is 15.1. The molecule has 0 aliphatic heterocycles. The van der Waals surface area contributed by atoms with Crippen molar-refractivity contribution in [3.05, 3.63) is 416 Å². The van der Waals surface area contributed by atoms with Gasteiger partial charge < -0.3 is 0 Å². The zero-order valence-electron chi connectivity index (χ0n) is 39.3. The van der Waals surface area contributed by atoms with E-state index in [-0.39, 0.29) is 102 Å². The van der Waals surface area contributed by atoms with Crippen LogP contribution in [0.5, 0.6) is 0 Å². The smallest absolute Gasteiger partial charge is 0.0320 e. The summed E-state index contributed by atoms with van der Waals surface area (Å²) in [4.78, 5) is 0. The number of benzene rings is 1. The molecule has 0 amide bonds. The fourth-order valence-electron chi connectivity index (χ4n) is 7.65. The van der Waals surface area contributed by atoms with E-state index in [1.807, 2.05) is 193 Å². The van der Waals surface area contributed by atoms with Crippen molar-refractivity contribution in [1.82, 2.24) is 0 Å². The zero-order valence-corrected chi connectivity index (χ0v) is 45.9. The molecule has 72 heavy (non-hydrogen) atoms. The Morgan fingerprint density at radius 3 is 0.236 bits per heavy atom. The van der Waals surface area contributed by atoms with Crippen molar-refractivity contribution in [1.29, 1.82) is 0 Å². The molecule has 13 rings (SSSR count). The van der Waals surface area contributed by atoms with Crippen LogP contribution in [0.4, 0.5) is 0 Å². The van der Waals surface area contributed by atoms with Crippen LogP contribution in [0.3, 0.4) is 0 Å². The van der Waals surface area contributed by atoms with Crippen molar-refractivity contribution in [3.63, 3.8) is 0 Å². The standard InChI is InChI=1S/C36H24.6C5H5.6Fe/c1-2-14-25(13-1)31-32(26-15-3-4-16-26)34(28-19-7-8-20-28)36(30-23-11-12-24-30)35(29-21-9-10-22-29)33(31)27-17-5-6-18-27;6*1-2-4-5-3-1;;;;;;/h1-24H;6*1-5H;;;;;;/q;;;;;;;6*+2. The van der Waals surface area contributed by atoms with Crippen molar-refractivity contribution >= 4 is 0 Å². The molecule has 6 heteroatoms. The molecule has 0 atom stereocenters. The first-order valence-electron chi connectivity index (χ1n) is 22.5. The molecule has 60 radical (unpaired) electrons. The summed E-state index contributed by atoms with van der Waals surface area (Å²) in [5, 5.41) is 0. The number of hydrogen-bond acceptors (Lipinski definition) is 0. The minimum Gasteiger partial charge on any atom is -0.0320 e. The maximum Gasteiger partial charge on any atom is 2.00 e. The average molecular weight is 1180 g/mol. The molecule has 1 aromatic rings. The molecule has 1 aromatic carbocycles. The molecule has 354 valence electrons. The minimum atomic E-state index is 0. The fourth-order valence-corrected chi connectivity index (χ4v) is 7.65. The van der Waals surface area contributed by atoms with Crippen LogP contribution < -0.4 is 0 Å². The van der Waals surface area contributed by atoms with Crippen molar-refractivity contribution < 1.29 is 102 Å². The summed E-state index contributed by atoms with van der Waals surface area (Å²) < 4.78 is 0. The normalized spacial score (nSPS) is 24.0. The molecule has 0 unspecified atom stereocenters. The SMILES string of the molecule is [CH]1[CH][CH][CH][CH]1.[CH]1[CH][CH][CH][CH]1.[CH]1[CH][CH][CH][CH]1.[CH]1[CH][CH][CH][CH]1.[CH]1[CH][CH][CH][CH]1.[CH]1[CH][CH][CH][CH]1.[CH]1[CH][CH][C](c2c([C]3[CH][CH][CH][CH]3)c([C]3[CH][CH][CH][CH]3)c([C]3[CH][CH][CH][CH]3)c([C]3[CH][CH][CH][CH]3)c2[C]2[CH][CH][CH][CH]2)[CH]1.[Fe+2].[Fe+2].[Fe+2].[Fe+2].[Fe+2].[Fe+2]. The van der Waals surface area contributed by atoms with E-state index in [2.05, 4.69) is 154 Å². The topological polar surface area (TPSA) is 0 Å². The monoisotopic (exact) mass is 1180 g/mol. The van der Waals surface area contributed by atoms with Crippen LogP contribution in [-0.4, -0.2) is 0 Å². The summed E-state index contributed by atoms with van der Waals surface area (Å²) in [5.74, 6) is 7.48. The first kappa shape index (κ1) is 72.4. The van der Waals surface area contributed by atoms with E-state index >= 15 is 0 Å². The van der Waals surface area contributed by atoms with Gasteiger partial charge in [0.25, 0.3) is 0 Å². The second-order valence-electron chi connectivity index (χ2n) is 15.1. The maximum atomic E-state index is 2.25. The molecule has 12 aliphatic carbocycles. The Labute approximate surface area is 513 Å². The van der Waals surface area contributed by atoms with Crippen molar-refractivity contribution in [2.24, 2.45) is 0 Å². The van der Waals surface area contributed by atoms with Crippen LogP contribution in [0.2, 0.25) is 0 Å². The molecule has 0 aromatic heterocycles. The number of hydrogen-bond donors (Lipinski definition) is 0. The summed E-state index contributed by atoms with van der Waals surface area (Å²) in [7, 11) is 0. The van der Waals surface area contributed by atoms with E-state index in [0.29, 0.717) is 0 Å². The molecule has 0 saturated heterocycles. The van der Waals surface area contributed by atoms with Gasteiger partial charge in [-0.25, -0.2) is 0 Å². The van der Waals surface area contributed by atoms with Crippen LogP contribution in [-0.2, 0) is 102 Å². The largest absolute Gasteiger partial charge is 2.00 e. The van der Waals surface area contributed by atoms with Crippen molar-refractivity contribution in [2.75, 3.05) is 0 Å². The molecule has 12 fully saturated rings. The van der Waals surface area contributed by atoms with E-state index in [9.17, 15) is 0 Å². The molecule has 0 spiro atoms. The molecule has 0 heterocycles. The van der Waals surface area contributed by atoms with Gasteiger partial charge in [-0.15, -0.1) is 0 Å². The van der Waals surface area contributed by atoms with Gasteiger partial charge in [0.1, 0.15) is 0 Å². The summed E-state index contributed by atoms with van der Waals surface area (Å²) >= 11 is 0. The van der Waals surface area contributed by atoms with Gasteiger partial charge in [0.15, 0.2) is 0 Å². The van der Waals surface area contributed by atoms with Gasteiger partial charge in [-0.05, 0) is 380 Å². The quantitative estimate of drug-likeness (QED) is 0.249. The maximum absolute atomic E-state index is 2.25. The molecular formula is C66H54Fe6+12. The van der Waals surface area contributed by atoms with Gasteiger partial charge in [-0.2, -0.15) is 0 Å². The first-order valence-corrected chi connectivity index (χ1v) is 22.5. The van der Waals surface area contributed by atoms with Crippen LogP contribution in [0, 0.1) is 382 Å². The van der Waals surface area contributed by atoms with Crippen LogP contribution in [0.15, 0.2) is 0 Å². The molecule has 12 saturated carbocycles. The number of rotatable bonds is 6. The Morgan fingerprint density at radius 1 is 0.0972 bits per heavy atom. The van der Waals surface area contributed by atoms with Crippen molar-refractivity contribution in [3.8, 4) is 0 Å². The molecule has 0 N–H and O–H groups in total. The zero-order chi connectivity index (χ0) is 45.1. The van der Waals surface area contributed by atoms with Crippen LogP contribution in [0.25, 0.3) is 0 Å². The summed E-state index contributed by atoms with van der Waals surface area (Å²) in [6.45, 7) is 0. The Bertz CT molecular complexity index is 1030. The van der Waals surface area contributed by atoms with E-state index < -0.39 is 0 Å². The van der Waals surface area contributed by atoms with Crippen molar-refractivity contribution in [2.45, 2.75) is 0 Å². The van der Waals surface area contributed by atoms with Gasteiger partial charge in [0.2, 0.25) is 0 Å². The molecule has 0 bridgehead atoms. The van der Waals surface area contributed by atoms with Gasteiger partial charge in [-0.1, -0.05) is 0 Å². The third kappa shape index (κ3) is 24.6. The second kappa shape index (κ2) is 45.0. The Balaban J connectivity index is 0.000000581. The predicted molar refractivity (Wildman–Crippen MR) is 273 cm³/mol. The van der Waals surface area contributed by atoms with Gasteiger partial charge in [0, 0.05) is 35.5 Å². The Morgan fingerprint density at radius 2 is 0.167 bits per heavy atom. The summed E-state index contributed by atoms with van der Waals surface area (Å²) in [6, 6.07) is 0. The molecule has 0 nitrogen and oxygen atoms in total. The summed E-state index contributed by atoms with van der Waals surface area (Å²) in [5.41, 5.74) is 7.75. The molecule has 12 aliphatic rings. The Hall–Kier alpha value is 2.34. The molecular weight excluding hydrogens is 1130 g/mol. The Kier molecular flexibility index (Phi) is 45.2. The third-order valence-corrected chi connectivity index (χ3v) is 10.5. The average Bonchev–Trinajstić information content (AvgIpc) is 4.23. The summed E-state index contributed by atoms with van der Waals surface area (Å²) in [6.07, 6.45) is 113. The van der Waals surface area contributed by atoms with Crippen LogP contribution in [0.1, 0.15) is 33.4 Å². The van der Waals surface area contributed by atoms with E-state index in [1.165, 1.54) is 68.9 Å². The van der Waals surface area contributed by atoms with Gasteiger partial charge in [0.05, 0.1) is 0 Å². The van der Waals surface area contributed by atoms with Gasteiger partial charge in [-0.3, -0.25) is 0 Å². The van der Waals surface area contributed by atoms with Gasteiger partial charge >= 0.3 is 102 Å². The predicted octanol–water partition coefficient (Wildman–Crippen LogP) is 12.3. The third-order valence-electron chi connectivity index (χ3n) is 10.5. The fraction of sp³-hybridized carbons (Fsp3) is 0. The van der Waals surface area contributed by atoms with E-state index in [1.54, 1.807) is 0 Å². The van der Waals surface area contributed by atoms with Crippen LogP contribution >= 0.6 is 0 Å². The first-order chi connectivity index (χ1) is 32.9. The van der Waals surface area contributed by atoms with E-state index in [0.717, 1.165) is 0 Å². The minimum absolute atomic E-state index is 0. The van der Waals surface area contributed by atoms with E-state index in [4.69, 9.17) is 0 Å².